The maximum atomic E-state index is 12.1. The Balaban J connectivity index is 2.07. The van der Waals surface area contributed by atoms with Gasteiger partial charge in [0, 0.05) is 11.6 Å². The largest absolute Gasteiger partial charge is 0.334 e. The van der Waals surface area contributed by atoms with Crippen molar-refractivity contribution in [3.8, 4) is 0 Å². The first-order chi connectivity index (χ1) is 9.17. The number of anilines is 1. The molecule has 0 radical (unpaired) electrons. The lowest BCUT2D eigenvalue weighted by Gasteiger charge is -2.08. The van der Waals surface area contributed by atoms with Gasteiger partial charge in [0.15, 0.2) is 5.03 Å². The lowest BCUT2D eigenvalue weighted by molar-refractivity contribution is 0.598. The quantitative estimate of drug-likeness (QED) is 0.761. The molecule has 7 heteroatoms. The minimum atomic E-state index is -3.67. The number of para-hydroxylation sites is 1. The summed E-state index contributed by atoms with van der Waals surface area (Å²) in [6.45, 7) is 0. The van der Waals surface area contributed by atoms with E-state index in [0.717, 1.165) is 5.39 Å². The van der Waals surface area contributed by atoms with Crippen molar-refractivity contribution >= 4 is 26.6 Å². The van der Waals surface area contributed by atoms with Crippen LogP contribution in [0, 0.1) is 0 Å². The first-order valence-electron chi connectivity index (χ1n) is 5.52. The van der Waals surface area contributed by atoms with Crippen LogP contribution in [-0.2, 0) is 10.0 Å². The molecule has 0 amide bonds. The van der Waals surface area contributed by atoms with Crippen LogP contribution < -0.4 is 4.72 Å². The predicted molar refractivity (Wildman–Crippen MR) is 71.1 cm³/mol. The number of nitrogens with zero attached hydrogens (tertiary/aromatic N) is 2. The summed E-state index contributed by atoms with van der Waals surface area (Å²) in [5, 5.41) is 0.882. The molecule has 0 fully saturated rings. The van der Waals surface area contributed by atoms with Gasteiger partial charge in [-0.05, 0) is 12.1 Å². The normalized spacial score (nSPS) is 11.6. The third-order valence-electron chi connectivity index (χ3n) is 2.64. The third kappa shape index (κ3) is 2.15. The van der Waals surface area contributed by atoms with Gasteiger partial charge < -0.3 is 4.98 Å². The number of benzene rings is 1. The fourth-order valence-electron chi connectivity index (χ4n) is 1.78. The van der Waals surface area contributed by atoms with Gasteiger partial charge in [-0.15, -0.1) is 0 Å². The van der Waals surface area contributed by atoms with E-state index >= 15 is 0 Å². The molecule has 2 N–H and O–H groups in total. The van der Waals surface area contributed by atoms with Gasteiger partial charge in [0.25, 0.3) is 10.0 Å². The van der Waals surface area contributed by atoms with Gasteiger partial charge in [0.05, 0.1) is 23.7 Å². The Kier molecular flexibility index (Phi) is 2.68. The lowest BCUT2D eigenvalue weighted by Crippen LogP contribution is -2.13. The van der Waals surface area contributed by atoms with Crippen LogP contribution >= 0.6 is 0 Å². The molecule has 0 aliphatic carbocycles. The monoisotopic (exact) mass is 274 g/mol. The summed E-state index contributed by atoms with van der Waals surface area (Å²) in [6.07, 6.45) is 4.19. The van der Waals surface area contributed by atoms with E-state index in [2.05, 4.69) is 19.7 Å². The van der Waals surface area contributed by atoms with Crippen LogP contribution in [0.4, 0.5) is 5.69 Å². The molecule has 3 rings (SSSR count). The van der Waals surface area contributed by atoms with Gasteiger partial charge in [-0.3, -0.25) is 9.71 Å². The highest BCUT2D eigenvalue weighted by atomic mass is 32.2. The number of H-pyrrole nitrogens is 1. The SMILES string of the molecule is O=S(=O)(Nc1cccc2cccnc12)c1cnc[nH]1. The van der Waals surface area contributed by atoms with E-state index in [9.17, 15) is 8.42 Å². The number of imidazole rings is 1. The predicted octanol–water partition coefficient (Wildman–Crippen LogP) is 1.76. The maximum absolute atomic E-state index is 12.1. The zero-order chi connectivity index (χ0) is 13.3. The molecule has 0 saturated carbocycles. The van der Waals surface area contributed by atoms with Gasteiger partial charge in [0.1, 0.15) is 0 Å². The van der Waals surface area contributed by atoms with E-state index in [4.69, 9.17) is 0 Å². The first-order valence-corrected chi connectivity index (χ1v) is 7.00. The summed E-state index contributed by atoms with van der Waals surface area (Å²) in [6, 6.07) is 8.99. The van der Waals surface area contributed by atoms with Gasteiger partial charge in [-0.1, -0.05) is 18.2 Å². The summed E-state index contributed by atoms with van der Waals surface area (Å²) >= 11 is 0. The Labute approximate surface area is 109 Å². The van der Waals surface area contributed by atoms with Crippen molar-refractivity contribution in [1.29, 1.82) is 0 Å². The second-order valence-electron chi connectivity index (χ2n) is 3.90. The molecule has 0 aliphatic heterocycles. The van der Waals surface area contributed by atoms with E-state index < -0.39 is 10.0 Å². The molecule has 1 aromatic carbocycles. The fraction of sp³-hybridized carbons (Fsp3) is 0. The highest BCUT2D eigenvalue weighted by molar-refractivity contribution is 7.92. The van der Waals surface area contributed by atoms with Crippen molar-refractivity contribution in [2.24, 2.45) is 0 Å². The molecule has 0 unspecified atom stereocenters. The Morgan fingerprint density at radius 2 is 2.00 bits per heavy atom. The summed E-state index contributed by atoms with van der Waals surface area (Å²) in [7, 11) is -3.67. The molecule has 3 aromatic rings. The number of pyridine rings is 1. The number of hydrogen-bond donors (Lipinski definition) is 2. The molecule has 2 heterocycles. The summed E-state index contributed by atoms with van der Waals surface area (Å²) in [5.74, 6) is 0. The van der Waals surface area contributed by atoms with Crippen molar-refractivity contribution in [3.05, 3.63) is 49.1 Å². The topological polar surface area (TPSA) is 87.7 Å². The zero-order valence-corrected chi connectivity index (χ0v) is 10.6. The average molecular weight is 274 g/mol. The third-order valence-corrected chi connectivity index (χ3v) is 3.93. The van der Waals surface area contributed by atoms with E-state index in [-0.39, 0.29) is 5.03 Å². The van der Waals surface area contributed by atoms with Gasteiger partial charge in [-0.2, -0.15) is 8.42 Å². The van der Waals surface area contributed by atoms with E-state index in [1.165, 1.54) is 12.5 Å². The minimum absolute atomic E-state index is 0.0143. The Hall–Kier alpha value is -2.41. The standard InChI is InChI=1S/C12H10N4O2S/c17-19(18,11-7-13-8-15-11)16-10-5-1-3-9-4-2-6-14-12(9)10/h1-8,16H,(H,13,15). The molecule has 0 saturated heterocycles. The molecule has 0 atom stereocenters. The van der Waals surface area contributed by atoms with Gasteiger partial charge in [0.2, 0.25) is 0 Å². The Morgan fingerprint density at radius 3 is 2.79 bits per heavy atom. The zero-order valence-electron chi connectivity index (χ0n) is 9.74. The highest BCUT2D eigenvalue weighted by Gasteiger charge is 2.16. The number of aromatic nitrogens is 3. The summed E-state index contributed by atoms with van der Waals surface area (Å²) in [4.78, 5) is 10.5. The lowest BCUT2D eigenvalue weighted by atomic mass is 10.2. The van der Waals surface area contributed by atoms with Crippen molar-refractivity contribution in [3.63, 3.8) is 0 Å². The molecule has 6 nitrogen and oxygen atoms in total. The van der Waals surface area contributed by atoms with E-state index in [0.29, 0.717) is 11.2 Å². The van der Waals surface area contributed by atoms with Gasteiger partial charge >= 0.3 is 0 Å². The Morgan fingerprint density at radius 1 is 1.16 bits per heavy atom. The number of hydrogen-bond acceptors (Lipinski definition) is 4. The fourth-order valence-corrected chi connectivity index (χ4v) is 2.75. The minimum Gasteiger partial charge on any atom is -0.334 e. The highest BCUT2D eigenvalue weighted by Crippen LogP contribution is 2.22. The second kappa shape index (κ2) is 4.36. The number of nitrogens with one attached hydrogen (secondary N) is 2. The van der Waals surface area contributed by atoms with Crippen molar-refractivity contribution < 1.29 is 8.42 Å². The number of aromatic amines is 1. The summed E-state index contributed by atoms with van der Waals surface area (Å²) < 4.78 is 26.7. The van der Waals surface area contributed by atoms with Crippen LogP contribution in [0.15, 0.2) is 54.1 Å². The second-order valence-corrected chi connectivity index (χ2v) is 5.55. The van der Waals surface area contributed by atoms with E-state index in [1.54, 1.807) is 24.4 Å². The smallest absolute Gasteiger partial charge is 0.279 e. The van der Waals surface area contributed by atoms with E-state index in [1.807, 2.05) is 12.1 Å². The van der Waals surface area contributed by atoms with Crippen LogP contribution in [0.3, 0.4) is 0 Å². The molecule has 96 valence electrons. The first kappa shape index (κ1) is 11.7. The van der Waals surface area contributed by atoms with Gasteiger partial charge in [-0.25, -0.2) is 4.98 Å². The van der Waals surface area contributed by atoms with Crippen LogP contribution in [0.1, 0.15) is 0 Å². The van der Waals surface area contributed by atoms with Crippen LogP contribution in [0.5, 0.6) is 0 Å². The molecule has 0 spiro atoms. The molecule has 0 bridgehead atoms. The van der Waals surface area contributed by atoms with Crippen LogP contribution in [0.25, 0.3) is 10.9 Å². The number of fused-ring (bicyclic) bond motifs is 1. The molecular formula is C12H10N4O2S. The van der Waals surface area contributed by atoms with Crippen molar-refractivity contribution in [2.75, 3.05) is 4.72 Å². The maximum Gasteiger partial charge on any atom is 0.279 e. The average Bonchev–Trinajstić information content (AvgIpc) is 2.93. The van der Waals surface area contributed by atoms with Crippen molar-refractivity contribution in [1.82, 2.24) is 15.0 Å². The van der Waals surface area contributed by atoms with Crippen molar-refractivity contribution in [2.45, 2.75) is 5.03 Å². The molecule has 0 aliphatic rings. The number of rotatable bonds is 3. The molecule has 2 aromatic heterocycles. The summed E-state index contributed by atoms with van der Waals surface area (Å²) in [5.41, 5.74) is 1.04. The molecular weight excluding hydrogens is 264 g/mol. The van der Waals surface area contributed by atoms with Crippen LogP contribution in [0.2, 0.25) is 0 Å². The van der Waals surface area contributed by atoms with Crippen LogP contribution in [-0.4, -0.2) is 23.4 Å². The molecule has 19 heavy (non-hydrogen) atoms. The Bertz CT molecular complexity index is 807. The number of sulfonamides is 1.